The van der Waals surface area contributed by atoms with Gasteiger partial charge in [0.05, 0.1) is 19.1 Å². The van der Waals surface area contributed by atoms with Crippen LogP contribution in [0, 0.1) is 0 Å². The highest BCUT2D eigenvalue weighted by Crippen LogP contribution is 2.33. The van der Waals surface area contributed by atoms with Crippen molar-refractivity contribution in [3.8, 4) is 11.5 Å². The molecule has 5 nitrogen and oxygen atoms in total. The van der Waals surface area contributed by atoms with Crippen molar-refractivity contribution in [2.45, 2.75) is 17.7 Å². The highest BCUT2D eigenvalue weighted by Gasteiger charge is 2.18. The molecule has 0 aromatic heterocycles. The maximum Gasteiger partial charge on any atom is 0.175 e. The average molecular weight is 272 g/mol. The summed E-state index contributed by atoms with van der Waals surface area (Å²) in [7, 11) is -0.460. The molecule has 0 saturated carbocycles. The number of methoxy groups -OCH3 is 2. The van der Waals surface area contributed by atoms with Gasteiger partial charge in [0.25, 0.3) is 0 Å². The average Bonchev–Trinajstić information content (AvgIpc) is 2.33. The quantitative estimate of drug-likeness (QED) is 0.729. The Morgan fingerprint density at radius 2 is 1.72 bits per heavy atom. The third kappa shape index (κ3) is 3.22. The SMILES string of the molecule is COc1cc(CCC=O)c(S(C)(=O)=O)cc1OC. The summed E-state index contributed by atoms with van der Waals surface area (Å²) < 4.78 is 33.6. The van der Waals surface area contributed by atoms with Crippen LogP contribution in [0.25, 0.3) is 0 Å². The molecular formula is C12H16O5S. The van der Waals surface area contributed by atoms with Crippen molar-refractivity contribution < 1.29 is 22.7 Å². The zero-order valence-corrected chi connectivity index (χ0v) is 11.4. The lowest BCUT2D eigenvalue weighted by Crippen LogP contribution is -2.05. The molecule has 1 rings (SSSR count). The maximum atomic E-state index is 11.7. The molecule has 0 amide bonds. The largest absolute Gasteiger partial charge is 0.493 e. The van der Waals surface area contributed by atoms with Gasteiger partial charge in [0, 0.05) is 18.7 Å². The lowest BCUT2D eigenvalue weighted by atomic mass is 10.1. The maximum absolute atomic E-state index is 11.7. The van der Waals surface area contributed by atoms with Crippen molar-refractivity contribution in [1.82, 2.24) is 0 Å². The Kier molecular flexibility index (Phi) is 4.72. The number of hydrogen-bond donors (Lipinski definition) is 0. The summed E-state index contributed by atoms with van der Waals surface area (Å²) in [5.74, 6) is 0.804. The number of hydrogen-bond acceptors (Lipinski definition) is 5. The Hall–Kier alpha value is -1.56. The van der Waals surface area contributed by atoms with Crippen LogP contribution in [-0.4, -0.2) is 35.2 Å². The van der Waals surface area contributed by atoms with E-state index in [1.165, 1.54) is 20.3 Å². The van der Waals surface area contributed by atoms with Gasteiger partial charge in [0.15, 0.2) is 21.3 Å². The van der Waals surface area contributed by atoms with Gasteiger partial charge in [-0.15, -0.1) is 0 Å². The van der Waals surface area contributed by atoms with Crippen molar-refractivity contribution in [3.63, 3.8) is 0 Å². The molecular weight excluding hydrogens is 256 g/mol. The fourth-order valence-electron chi connectivity index (χ4n) is 1.66. The van der Waals surface area contributed by atoms with Crippen molar-refractivity contribution in [3.05, 3.63) is 17.7 Å². The first-order chi connectivity index (χ1) is 8.43. The minimum Gasteiger partial charge on any atom is -0.493 e. The number of carbonyl (C=O) groups excluding carboxylic acids is 1. The van der Waals surface area contributed by atoms with Crippen LogP contribution in [0.15, 0.2) is 17.0 Å². The number of rotatable bonds is 6. The predicted molar refractivity (Wildman–Crippen MR) is 67.0 cm³/mol. The van der Waals surface area contributed by atoms with Gasteiger partial charge < -0.3 is 14.3 Å². The van der Waals surface area contributed by atoms with Crippen LogP contribution in [0.2, 0.25) is 0 Å². The number of ether oxygens (including phenoxy) is 2. The molecule has 0 aliphatic carbocycles. The summed E-state index contributed by atoms with van der Waals surface area (Å²) in [5, 5.41) is 0. The Bertz CT molecular complexity index is 534. The summed E-state index contributed by atoms with van der Waals surface area (Å²) in [6.07, 6.45) is 2.49. The second-order valence-electron chi connectivity index (χ2n) is 3.79. The van der Waals surface area contributed by atoms with Crippen LogP contribution < -0.4 is 9.47 Å². The van der Waals surface area contributed by atoms with E-state index >= 15 is 0 Å². The summed E-state index contributed by atoms with van der Waals surface area (Å²) in [4.78, 5) is 10.6. The first-order valence-electron chi connectivity index (χ1n) is 5.32. The Morgan fingerprint density at radius 3 is 2.17 bits per heavy atom. The van der Waals surface area contributed by atoms with Gasteiger partial charge in [-0.3, -0.25) is 0 Å². The molecule has 0 N–H and O–H groups in total. The topological polar surface area (TPSA) is 69.7 Å². The normalized spacial score (nSPS) is 11.1. The standard InChI is InChI=1S/C12H16O5S/c1-16-10-7-9(5-4-6-13)12(18(3,14)15)8-11(10)17-2/h6-8H,4-5H2,1-3H3. The van der Waals surface area contributed by atoms with Crippen LogP contribution in [0.4, 0.5) is 0 Å². The van der Waals surface area contributed by atoms with Crippen LogP contribution in [0.1, 0.15) is 12.0 Å². The van der Waals surface area contributed by atoms with E-state index in [0.29, 0.717) is 23.5 Å². The first-order valence-corrected chi connectivity index (χ1v) is 7.21. The number of benzene rings is 1. The number of sulfone groups is 1. The Morgan fingerprint density at radius 1 is 1.17 bits per heavy atom. The van der Waals surface area contributed by atoms with Crippen molar-refractivity contribution in [1.29, 1.82) is 0 Å². The molecule has 1 aromatic carbocycles. The van der Waals surface area contributed by atoms with E-state index in [-0.39, 0.29) is 11.3 Å². The summed E-state index contributed by atoms with van der Waals surface area (Å²) >= 11 is 0. The number of carbonyl (C=O) groups is 1. The number of aryl methyl sites for hydroxylation is 1. The summed E-state index contributed by atoms with van der Waals surface area (Å²) in [5.41, 5.74) is 0.558. The molecule has 0 spiro atoms. The van der Waals surface area contributed by atoms with E-state index in [9.17, 15) is 13.2 Å². The number of aldehydes is 1. The van der Waals surface area contributed by atoms with E-state index in [4.69, 9.17) is 9.47 Å². The van der Waals surface area contributed by atoms with Crippen LogP contribution >= 0.6 is 0 Å². The van der Waals surface area contributed by atoms with E-state index in [1.54, 1.807) is 6.07 Å². The third-order valence-corrected chi connectivity index (χ3v) is 3.68. The molecule has 0 heterocycles. The lowest BCUT2D eigenvalue weighted by molar-refractivity contribution is -0.107. The summed E-state index contributed by atoms with van der Waals surface area (Å²) in [6, 6.07) is 3.02. The zero-order chi connectivity index (χ0) is 13.8. The van der Waals surface area contributed by atoms with Gasteiger partial charge in [-0.25, -0.2) is 8.42 Å². The molecule has 6 heteroatoms. The van der Waals surface area contributed by atoms with E-state index in [2.05, 4.69) is 0 Å². The zero-order valence-electron chi connectivity index (χ0n) is 10.6. The molecule has 1 aromatic rings. The van der Waals surface area contributed by atoms with Gasteiger partial charge in [0.1, 0.15) is 6.29 Å². The molecule has 0 fully saturated rings. The summed E-state index contributed by atoms with van der Waals surface area (Å²) in [6.45, 7) is 0. The Balaban J connectivity index is 3.40. The highest BCUT2D eigenvalue weighted by molar-refractivity contribution is 7.90. The smallest absolute Gasteiger partial charge is 0.175 e. The molecule has 18 heavy (non-hydrogen) atoms. The third-order valence-electron chi connectivity index (χ3n) is 2.50. The van der Waals surface area contributed by atoms with Crippen LogP contribution in [0.3, 0.4) is 0 Å². The second-order valence-corrected chi connectivity index (χ2v) is 5.78. The fraction of sp³-hybridized carbons (Fsp3) is 0.417. The van der Waals surface area contributed by atoms with E-state index in [1.807, 2.05) is 0 Å². The van der Waals surface area contributed by atoms with Crippen molar-refractivity contribution in [2.24, 2.45) is 0 Å². The van der Waals surface area contributed by atoms with Gasteiger partial charge in [-0.1, -0.05) is 0 Å². The molecule has 0 saturated heterocycles. The molecule has 0 unspecified atom stereocenters. The van der Waals surface area contributed by atoms with Crippen molar-refractivity contribution in [2.75, 3.05) is 20.5 Å². The highest BCUT2D eigenvalue weighted by atomic mass is 32.2. The monoisotopic (exact) mass is 272 g/mol. The van der Waals surface area contributed by atoms with Gasteiger partial charge in [-0.05, 0) is 18.1 Å². The lowest BCUT2D eigenvalue weighted by Gasteiger charge is -2.13. The fourth-order valence-corrected chi connectivity index (χ4v) is 2.62. The van der Waals surface area contributed by atoms with Gasteiger partial charge >= 0.3 is 0 Å². The first kappa shape index (κ1) is 14.5. The predicted octanol–water partition coefficient (Wildman–Crippen LogP) is 1.24. The minimum atomic E-state index is -3.37. The van der Waals surface area contributed by atoms with Crippen LogP contribution in [-0.2, 0) is 21.1 Å². The van der Waals surface area contributed by atoms with Crippen molar-refractivity contribution >= 4 is 16.1 Å². The van der Waals surface area contributed by atoms with Gasteiger partial charge in [0.2, 0.25) is 0 Å². The molecule has 0 radical (unpaired) electrons. The van der Waals surface area contributed by atoms with Crippen LogP contribution in [0.5, 0.6) is 11.5 Å². The molecule has 0 atom stereocenters. The van der Waals surface area contributed by atoms with Gasteiger partial charge in [-0.2, -0.15) is 0 Å². The molecule has 0 aliphatic rings. The molecule has 0 bridgehead atoms. The molecule has 100 valence electrons. The second kappa shape index (κ2) is 5.86. The molecule has 0 aliphatic heterocycles. The minimum absolute atomic E-state index is 0.169. The van der Waals surface area contributed by atoms with E-state index in [0.717, 1.165) is 12.5 Å². The Labute approximate surface area is 107 Å². The van der Waals surface area contributed by atoms with E-state index < -0.39 is 9.84 Å².